The molecule has 0 aromatic carbocycles. The normalized spacial score (nSPS) is 12.2. The standard InChI is InChI=1S/C13H25N3O3S/c1-5-6-16-11-13(9-12(16)10-14-2)20(17,18)15(3)7-8-19-4/h9,11,14H,5-8,10H2,1-4H3. The lowest BCUT2D eigenvalue weighted by atomic mass is 10.4. The minimum Gasteiger partial charge on any atom is -0.383 e. The third kappa shape index (κ3) is 4.05. The second-order valence-corrected chi connectivity index (χ2v) is 6.76. The van der Waals surface area contributed by atoms with Crippen LogP contribution in [0.25, 0.3) is 0 Å². The fourth-order valence-corrected chi connectivity index (χ4v) is 3.18. The molecule has 1 aromatic heterocycles. The molecule has 20 heavy (non-hydrogen) atoms. The second kappa shape index (κ2) is 7.78. The van der Waals surface area contributed by atoms with E-state index in [0.29, 0.717) is 24.6 Å². The molecule has 0 aliphatic rings. The van der Waals surface area contributed by atoms with Gasteiger partial charge in [-0.25, -0.2) is 8.42 Å². The highest BCUT2D eigenvalue weighted by Gasteiger charge is 2.23. The topological polar surface area (TPSA) is 63.6 Å². The van der Waals surface area contributed by atoms with Gasteiger partial charge in [-0.3, -0.25) is 0 Å². The molecule has 0 saturated carbocycles. The molecule has 0 saturated heterocycles. The number of likely N-dealkylation sites (N-methyl/N-ethyl adjacent to an activating group) is 1. The van der Waals surface area contributed by atoms with Gasteiger partial charge in [0, 0.05) is 45.7 Å². The van der Waals surface area contributed by atoms with E-state index in [1.54, 1.807) is 26.4 Å². The van der Waals surface area contributed by atoms with Crippen LogP contribution in [0.3, 0.4) is 0 Å². The van der Waals surface area contributed by atoms with E-state index in [9.17, 15) is 8.42 Å². The first-order valence-corrected chi connectivity index (χ1v) is 8.20. The average Bonchev–Trinajstić information content (AvgIpc) is 2.81. The van der Waals surface area contributed by atoms with E-state index in [0.717, 1.165) is 18.7 Å². The quantitative estimate of drug-likeness (QED) is 0.736. The second-order valence-electron chi connectivity index (χ2n) is 4.71. The predicted molar refractivity (Wildman–Crippen MR) is 79.2 cm³/mol. The van der Waals surface area contributed by atoms with Gasteiger partial charge in [0.25, 0.3) is 0 Å². The Kier molecular flexibility index (Phi) is 6.67. The summed E-state index contributed by atoms with van der Waals surface area (Å²) in [5, 5.41) is 3.06. The number of ether oxygens (including phenoxy) is 1. The number of rotatable bonds is 9. The first-order valence-electron chi connectivity index (χ1n) is 6.76. The monoisotopic (exact) mass is 303 g/mol. The highest BCUT2D eigenvalue weighted by Crippen LogP contribution is 2.18. The number of hydrogen-bond acceptors (Lipinski definition) is 4. The molecule has 0 bridgehead atoms. The molecule has 116 valence electrons. The van der Waals surface area contributed by atoms with Gasteiger partial charge in [0.1, 0.15) is 4.90 Å². The van der Waals surface area contributed by atoms with Gasteiger partial charge in [-0.2, -0.15) is 4.31 Å². The van der Waals surface area contributed by atoms with Crippen LogP contribution < -0.4 is 5.32 Å². The van der Waals surface area contributed by atoms with Crippen LogP contribution in [0.1, 0.15) is 19.0 Å². The molecule has 0 aliphatic carbocycles. The molecule has 7 heteroatoms. The van der Waals surface area contributed by atoms with Crippen molar-refractivity contribution in [3.63, 3.8) is 0 Å². The van der Waals surface area contributed by atoms with Crippen molar-refractivity contribution in [2.24, 2.45) is 0 Å². The zero-order valence-electron chi connectivity index (χ0n) is 12.7. The van der Waals surface area contributed by atoms with Crippen LogP contribution in [0.4, 0.5) is 0 Å². The van der Waals surface area contributed by atoms with Crippen molar-refractivity contribution in [1.82, 2.24) is 14.2 Å². The summed E-state index contributed by atoms with van der Waals surface area (Å²) in [7, 11) is 1.54. The van der Waals surface area contributed by atoms with E-state index >= 15 is 0 Å². The predicted octanol–water partition coefficient (Wildman–Crippen LogP) is 0.884. The van der Waals surface area contributed by atoms with E-state index < -0.39 is 10.0 Å². The van der Waals surface area contributed by atoms with Gasteiger partial charge in [-0.15, -0.1) is 0 Å². The largest absolute Gasteiger partial charge is 0.383 e. The van der Waals surface area contributed by atoms with Crippen LogP contribution in [0, 0.1) is 0 Å². The average molecular weight is 303 g/mol. The zero-order chi connectivity index (χ0) is 15.2. The van der Waals surface area contributed by atoms with Crippen molar-refractivity contribution in [3.8, 4) is 0 Å². The molecule has 6 nitrogen and oxygen atoms in total. The minimum absolute atomic E-state index is 0.342. The van der Waals surface area contributed by atoms with Gasteiger partial charge in [0.2, 0.25) is 10.0 Å². The Morgan fingerprint density at radius 1 is 1.45 bits per heavy atom. The molecule has 1 rings (SSSR count). The number of nitrogens with zero attached hydrogens (tertiary/aromatic N) is 2. The summed E-state index contributed by atoms with van der Waals surface area (Å²) in [6, 6.07) is 1.74. The molecule has 0 radical (unpaired) electrons. The molecule has 0 amide bonds. The molecule has 1 heterocycles. The van der Waals surface area contributed by atoms with Gasteiger partial charge in [0.05, 0.1) is 6.61 Å². The molecular formula is C13H25N3O3S. The SMILES string of the molecule is CCCn1cc(S(=O)(=O)N(C)CCOC)cc1CNC. The Morgan fingerprint density at radius 3 is 2.70 bits per heavy atom. The lowest BCUT2D eigenvalue weighted by Gasteiger charge is -2.15. The lowest BCUT2D eigenvalue weighted by Crippen LogP contribution is -2.29. The Labute approximate surface area is 121 Å². The lowest BCUT2D eigenvalue weighted by molar-refractivity contribution is 0.185. The van der Waals surface area contributed by atoms with Gasteiger partial charge >= 0.3 is 0 Å². The van der Waals surface area contributed by atoms with E-state index in [2.05, 4.69) is 12.2 Å². The van der Waals surface area contributed by atoms with Crippen molar-refractivity contribution in [2.45, 2.75) is 31.3 Å². The molecule has 0 unspecified atom stereocenters. The number of nitrogens with one attached hydrogen (secondary N) is 1. The molecule has 0 atom stereocenters. The third-order valence-electron chi connectivity index (χ3n) is 3.10. The molecule has 0 aliphatic heterocycles. The number of methoxy groups -OCH3 is 1. The molecule has 1 N–H and O–H groups in total. The first kappa shape index (κ1) is 17.2. The Hall–Kier alpha value is -0.890. The number of hydrogen-bond donors (Lipinski definition) is 1. The van der Waals surface area contributed by atoms with Crippen molar-refractivity contribution in [1.29, 1.82) is 0 Å². The maximum Gasteiger partial charge on any atom is 0.244 e. The number of sulfonamides is 1. The van der Waals surface area contributed by atoms with Crippen LogP contribution in [-0.2, 0) is 27.8 Å². The van der Waals surface area contributed by atoms with Gasteiger partial charge in [0.15, 0.2) is 0 Å². The Morgan fingerprint density at radius 2 is 2.15 bits per heavy atom. The summed E-state index contributed by atoms with van der Waals surface area (Å²) in [5.41, 5.74) is 0.980. The van der Waals surface area contributed by atoms with E-state index in [1.807, 2.05) is 11.6 Å². The van der Waals surface area contributed by atoms with Crippen LogP contribution in [0.15, 0.2) is 17.2 Å². The van der Waals surface area contributed by atoms with E-state index in [1.165, 1.54) is 4.31 Å². The molecule has 1 aromatic rings. The van der Waals surface area contributed by atoms with Crippen molar-refractivity contribution in [2.75, 3.05) is 34.4 Å². The first-order chi connectivity index (χ1) is 9.47. The van der Waals surface area contributed by atoms with Gasteiger partial charge < -0.3 is 14.6 Å². The summed E-state index contributed by atoms with van der Waals surface area (Å²) in [4.78, 5) is 0.342. The minimum atomic E-state index is -3.44. The zero-order valence-corrected chi connectivity index (χ0v) is 13.5. The maximum absolute atomic E-state index is 12.4. The van der Waals surface area contributed by atoms with Crippen LogP contribution >= 0.6 is 0 Å². The smallest absolute Gasteiger partial charge is 0.244 e. The van der Waals surface area contributed by atoms with Crippen LogP contribution in [-0.4, -0.2) is 51.6 Å². The fraction of sp³-hybridized carbons (Fsp3) is 0.692. The molecular weight excluding hydrogens is 278 g/mol. The fourth-order valence-electron chi connectivity index (χ4n) is 1.96. The molecule has 0 fully saturated rings. The van der Waals surface area contributed by atoms with E-state index in [-0.39, 0.29) is 0 Å². The maximum atomic E-state index is 12.4. The van der Waals surface area contributed by atoms with E-state index in [4.69, 9.17) is 4.74 Å². The number of aromatic nitrogens is 1. The van der Waals surface area contributed by atoms with Crippen LogP contribution in [0.2, 0.25) is 0 Å². The van der Waals surface area contributed by atoms with Crippen LogP contribution in [0.5, 0.6) is 0 Å². The van der Waals surface area contributed by atoms with Crippen molar-refractivity contribution < 1.29 is 13.2 Å². The van der Waals surface area contributed by atoms with Gasteiger partial charge in [-0.1, -0.05) is 6.92 Å². The number of aryl methyl sites for hydroxylation is 1. The summed E-state index contributed by atoms with van der Waals surface area (Å²) in [6.45, 7) is 4.27. The Bertz CT molecular complexity index is 487. The third-order valence-corrected chi connectivity index (χ3v) is 4.92. The Balaban J connectivity index is 3.02. The highest BCUT2D eigenvalue weighted by atomic mass is 32.2. The van der Waals surface area contributed by atoms with Crippen molar-refractivity contribution >= 4 is 10.0 Å². The summed E-state index contributed by atoms with van der Waals surface area (Å²) in [5.74, 6) is 0. The van der Waals surface area contributed by atoms with Crippen molar-refractivity contribution in [3.05, 3.63) is 18.0 Å². The summed E-state index contributed by atoms with van der Waals surface area (Å²) >= 11 is 0. The summed E-state index contributed by atoms with van der Waals surface area (Å²) in [6.07, 6.45) is 2.68. The van der Waals surface area contributed by atoms with Gasteiger partial charge in [-0.05, 0) is 19.5 Å². The highest BCUT2D eigenvalue weighted by molar-refractivity contribution is 7.89. The summed E-state index contributed by atoms with van der Waals surface area (Å²) < 4.78 is 33.1. The molecule has 0 spiro atoms.